The lowest BCUT2D eigenvalue weighted by atomic mass is 9.96. The average Bonchev–Trinajstić information content (AvgIpc) is 2.23. The molecule has 0 N–H and O–H groups in total. The van der Waals surface area contributed by atoms with Gasteiger partial charge in [-0.05, 0) is 48.9 Å². The van der Waals surface area contributed by atoms with Gasteiger partial charge in [-0.1, -0.05) is 37.9 Å². The predicted molar refractivity (Wildman–Crippen MR) is 73.6 cm³/mol. The quantitative estimate of drug-likeness (QED) is 0.611. The second kappa shape index (κ2) is 5.93. The van der Waals surface area contributed by atoms with E-state index in [9.17, 15) is 0 Å². The van der Waals surface area contributed by atoms with Crippen molar-refractivity contribution in [3.05, 3.63) is 33.8 Å². The third-order valence-electron chi connectivity index (χ3n) is 3.26. The van der Waals surface area contributed by atoms with Crippen LogP contribution in [0, 0.1) is 19.8 Å². The summed E-state index contributed by atoms with van der Waals surface area (Å²) in [7, 11) is 0. The van der Waals surface area contributed by atoms with E-state index in [1.54, 1.807) is 0 Å². The highest BCUT2D eigenvalue weighted by atomic mass is 35.5. The third kappa shape index (κ3) is 3.40. The molecule has 0 aliphatic rings. The van der Waals surface area contributed by atoms with Gasteiger partial charge in [0.15, 0.2) is 0 Å². The van der Waals surface area contributed by atoms with E-state index in [1.807, 2.05) is 6.07 Å². The number of alkyl halides is 1. The van der Waals surface area contributed by atoms with Crippen molar-refractivity contribution in [3.8, 4) is 0 Å². The van der Waals surface area contributed by atoms with Crippen molar-refractivity contribution < 1.29 is 0 Å². The molecule has 2 heteroatoms. The second-order valence-electron chi connectivity index (χ2n) is 4.67. The van der Waals surface area contributed by atoms with Gasteiger partial charge in [-0.3, -0.25) is 0 Å². The molecule has 0 amide bonds. The summed E-state index contributed by atoms with van der Waals surface area (Å²) in [5.74, 6) is 0.639. The summed E-state index contributed by atoms with van der Waals surface area (Å²) in [6, 6.07) is 4.13. The maximum Gasteiger partial charge on any atom is 0.0602 e. The summed E-state index contributed by atoms with van der Waals surface area (Å²) in [6.07, 6.45) is 2.14. The maximum atomic E-state index is 6.42. The minimum Gasteiger partial charge on any atom is -0.118 e. The van der Waals surface area contributed by atoms with E-state index >= 15 is 0 Å². The molecule has 90 valence electrons. The standard InChI is InChI=1S/C14H20Cl2/c1-5-9(2)6-13(15)12-7-10(3)11(4)8-14(12)16/h7-9,13H,5-6H2,1-4H3. The normalized spacial score (nSPS) is 14.9. The van der Waals surface area contributed by atoms with Gasteiger partial charge in [0.05, 0.1) is 5.38 Å². The molecule has 0 bridgehead atoms. The number of halogens is 2. The van der Waals surface area contributed by atoms with E-state index in [1.165, 1.54) is 11.1 Å². The molecule has 0 heterocycles. The number of hydrogen-bond donors (Lipinski definition) is 0. The molecular weight excluding hydrogens is 239 g/mol. The summed E-state index contributed by atoms with van der Waals surface area (Å²) < 4.78 is 0. The second-order valence-corrected chi connectivity index (χ2v) is 5.61. The molecule has 0 nitrogen and oxygen atoms in total. The molecule has 2 atom stereocenters. The molecule has 0 saturated heterocycles. The van der Waals surface area contributed by atoms with Crippen molar-refractivity contribution in [2.45, 2.75) is 45.9 Å². The van der Waals surface area contributed by atoms with Gasteiger partial charge in [0.25, 0.3) is 0 Å². The van der Waals surface area contributed by atoms with E-state index in [4.69, 9.17) is 23.2 Å². The zero-order chi connectivity index (χ0) is 12.3. The fourth-order valence-electron chi connectivity index (χ4n) is 1.69. The van der Waals surface area contributed by atoms with Gasteiger partial charge in [0.2, 0.25) is 0 Å². The van der Waals surface area contributed by atoms with Crippen molar-refractivity contribution in [1.29, 1.82) is 0 Å². The summed E-state index contributed by atoms with van der Waals surface area (Å²) in [4.78, 5) is 0. The molecule has 0 fully saturated rings. The Morgan fingerprint density at radius 1 is 1.19 bits per heavy atom. The van der Waals surface area contributed by atoms with Crippen LogP contribution >= 0.6 is 23.2 Å². The molecule has 1 aromatic carbocycles. The first-order chi connectivity index (χ1) is 7.45. The van der Waals surface area contributed by atoms with Crippen molar-refractivity contribution in [1.82, 2.24) is 0 Å². The summed E-state index contributed by atoms with van der Waals surface area (Å²) in [5.41, 5.74) is 3.56. The fraction of sp³-hybridized carbons (Fsp3) is 0.571. The van der Waals surface area contributed by atoms with Crippen LogP contribution in [0.4, 0.5) is 0 Å². The van der Waals surface area contributed by atoms with E-state index in [2.05, 4.69) is 33.8 Å². The highest BCUT2D eigenvalue weighted by Crippen LogP contribution is 2.35. The monoisotopic (exact) mass is 258 g/mol. The number of rotatable bonds is 4. The maximum absolute atomic E-state index is 6.42. The Morgan fingerprint density at radius 3 is 2.31 bits per heavy atom. The number of benzene rings is 1. The van der Waals surface area contributed by atoms with Crippen LogP contribution in [-0.4, -0.2) is 0 Å². The topological polar surface area (TPSA) is 0 Å². The van der Waals surface area contributed by atoms with Crippen LogP contribution in [0.5, 0.6) is 0 Å². The first-order valence-electron chi connectivity index (χ1n) is 5.86. The molecule has 16 heavy (non-hydrogen) atoms. The Morgan fingerprint density at radius 2 is 1.75 bits per heavy atom. The average molecular weight is 259 g/mol. The lowest BCUT2D eigenvalue weighted by Crippen LogP contribution is -2.00. The molecule has 2 unspecified atom stereocenters. The first-order valence-corrected chi connectivity index (χ1v) is 6.67. The smallest absolute Gasteiger partial charge is 0.0602 e. The molecule has 0 spiro atoms. The van der Waals surface area contributed by atoms with Crippen LogP contribution in [0.3, 0.4) is 0 Å². The lowest BCUT2D eigenvalue weighted by molar-refractivity contribution is 0.508. The Bertz CT molecular complexity index is 358. The SMILES string of the molecule is CCC(C)CC(Cl)c1cc(C)c(C)cc1Cl. The largest absolute Gasteiger partial charge is 0.118 e. The van der Waals surface area contributed by atoms with Crippen LogP contribution in [0.2, 0.25) is 5.02 Å². The van der Waals surface area contributed by atoms with E-state index in [0.717, 1.165) is 23.4 Å². The zero-order valence-corrected chi connectivity index (χ0v) is 12.0. The first kappa shape index (κ1) is 13.9. The number of hydrogen-bond acceptors (Lipinski definition) is 0. The Balaban J connectivity index is 2.91. The van der Waals surface area contributed by atoms with Gasteiger partial charge in [-0.25, -0.2) is 0 Å². The molecule has 0 radical (unpaired) electrons. The minimum atomic E-state index is 0.0294. The lowest BCUT2D eigenvalue weighted by Gasteiger charge is -2.17. The van der Waals surface area contributed by atoms with Crippen molar-refractivity contribution in [2.75, 3.05) is 0 Å². The minimum absolute atomic E-state index is 0.0294. The van der Waals surface area contributed by atoms with Gasteiger partial charge < -0.3 is 0 Å². The highest BCUT2D eigenvalue weighted by molar-refractivity contribution is 6.32. The van der Waals surface area contributed by atoms with Crippen LogP contribution in [0.25, 0.3) is 0 Å². The third-order valence-corrected chi connectivity index (χ3v) is 4.00. The fourth-order valence-corrected chi connectivity index (χ4v) is 2.58. The molecule has 1 rings (SSSR count). The highest BCUT2D eigenvalue weighted by Gasteiger charge is 2.15. The van der Waals surface area contributed by atoms with Crippen LogP contribution < -0.4 is 0 Å². The van der Waals surface area contributed by atoms with Gasteiger partial charge in [0, 0.05) is 5.02 Å². The van der Waals surface area contributed by atoms with Gasteiger partial charge >= 0.3 is 0 Å². The van der Waals surface area contributed by atoms with Crippen LogP contribution in [-0.2, 0) is 0 Å². The Labute approximate surface area is 109 Å². The van der Waals surface area contributed by atoms with Crippen molar-refractivity contribution in [2.24, 2.45) is 5.92 Å². The molecule has 0 aliphatic carbocycles. The van der Waals surface area contributed by atoms with Crippen molar-refractivity contribution >= 4 is 23.2 Å². The van der Waals surface area contributed by atoms with Crippen molar-refractivity contribution in [3.63, 3.8) is 0 Å². The Kier molecular flexibility index (Phi) is 5.14. The molecule has 0 saturated carbocycles. The van der Waals surface area contributed by atoms with Gasteiger partial charge in [0.1, 0.15) is 0 Å². The molecular formula is C14H20Cl2. The molecule has 0 aliphatic heterocycles. The van der Waals surface area contributed by atoms with Crippen LogP contribution in [0.15, 0.2) is 12.1 Å². The van der Waals surface area contributed by atoms with Gasteiger partial charge in [-0.15, -0.1) is 11.6 Å². The van der Waals surface area contributed by atoms with E-state index in [0.29, 0.717) is 5.92 Å². The molecule has 1 aromatic rings. The van der Waals surface area contributed by atoms with E-state index in [-0.39, 0.29) is 5.38 Å². The predicted octanol–water partition coefficient (Wildman–Crippen LogP) is 5.67. The number of aryl methyl sites for hydroxylation is 2. The van der Waals surface area contributed by atoms with Crippen LogP contribution in [0.1, 0.15) is 48.8 Å². The molecule has 0 aromatic heterocycles. The van der Waals surface area contributed by atoms with E-state index < -0.39 is 0 Å². The van der Waals surface area contributed by atoms with Gasteiger partial charge in [-0.2, -0.15) is 0 Å². The Hall–Kier alpha value is -0.200. The summed E-state index contributed by atoms with van der Waals surface area (Å²) >= 11 is 12.7. The summed E-state index contributed by atoms with van der Waals surface area (Å²) in [5, 5.41) is 0.827. The zero-order valence-electron chi connectivity index (χ0n) is 10.5. The summed E-state index contributed by atoms with van der Waals surface area (Å²) in [6.45, 7) is 8.59.